The lowest BCUT2D eigenvalue weighted by Crippen LogP contribution is -2.21. The highest BCUT2D eigenvalue weighted by Crippen LogP contribution is 2.19. The summed E-state index contributed by atoms with van der Waals surface area (Å²) in [5.41, 5.74) is 2.17. The summed E-state index contributed by atoms with van der Waals surface area (Å²) in [6, 6.07) is 5.86. The minimum Gasteiger partial charge on any atom is -0.472 e. The SMILES string of the molecule is O=C(NO)c1cccc(CF)c1COc1ccn(O)n1. The van der Waals surface area contributed by atoms with Gasteiger partial charge in [0, 0.05) is 17.2 Å². The molecule has 0 aliphatic heterocycles. The number of aromatic nitrogens is 2. The van der Waals surface area contributed by atoms with E-state index in [9.17, 15) is 9.18 Å². The molecule has 7 nitrogen and oxygen atoms in total. The molecule has 2 rings (SSSR count). The first-order valence-electron chi connectivity index (χ1n) is 5.64. The second kappa shape index (κ2) is 6.02. The molecule has 8 heteroatoms. The van der Waals surface area contributed by atoms with Crippen molar-refractivity contribution in [1.29, 1.82) is 0 Å². The average Bonchev–Trinajstić information content (AvgIpc) is 2.89. The molecule has 106 valence electrons. The average molecular weight is 281 g/mol. The summed E-state index contributed by atoms with van der Waals surface area (Å²) in [6.07, 6.45) is 1.26. The van der Waals surface area contributed by atoms with Crippen molar-refractivity contribution in [3.8, 4) is 5.88 Å². The van der Waals surface area contributed by atoms with E-state index in [-0.39, 0.29) is 23.6 Å². The Morgan fingerprint density at radius 2 is 2.25 bits per heavy atom. The highest BCUT2D eigenvalue weighted by atomic mass is 19.1. The number of halogens is 1. The summed E-state index contributed by atoms with van der Waals surface area (Å²) >= 11 is 0. The van der Waals surface area contributed by atoms with Crippen LogP contribution in [-0.2, 0) is 13.3 Å². The fraction of sp³-hybridized carbons (Fsp3) is 0.167. The van der Waals surface area contributed by atoms with Gasteiger partial charge in [0.1, 0.15) is 13.3 Å². The van der Waals surface area contributed by atoms with Gasteiger partial charge in [0.05, 0.1) is 6.20 Å². The lowest BCUT2D eigenvalue weighted by atomic mass is 10.0. The third-order valence-corrected chi connectivity index (χ3v) is 2.68. The summed E-state index contributed by atoms with van der Waals surface area (Å²) in [4.78, 5) is 12.1. The Kier molecular flexibility index (Phi) is 4.16. The molecule has 1 aromatic heterocycles. The van der Waals surface area contributed by atoms with Crippen LogP contribution in [0.25, 0.3) is 0 Å². The predicted molar refractivity (Wildman–Crippen MR) is 64.3 cm³/mol. The van der Waals surface area contributed by atoms with Crippen LogP contribution in [0.15, 0.2) is 30.5 Å². The van der Waals surface area contributed by atoms with Crippen molar-refractivity contribution in [2.24, 2.45) is 0 Å². The molecule has 0 bridgehead atoms. The molecule has 0 fully saturated rings. The van der Waals surface area contributed by atoms with Gasteiger partial charge in [-0.05, 0) is 11.6 Å². The van der Waals surface area contributed by atoms with Gasteiger partial charge in [-0.3, -0.25) is 10.0 Å². The molecule has 0 spiro atoms. The number of nitrogens with zero attached hydrogens (tertiary/aromatic N) is 2. The predicted octanol–water partition coefficient (Wildman–Crippen LogP) is 1.29. The molecule has 0 atom stereocenters. The summed E-state index contributed by atoms with van der Waals surface area (Å²) in [6.45, 7) is -0.903. The molecule has 0 aliphatic carbocycles. The van der Waals surface area contributed by atoms with Gasteiger partial charge < -0.3 is 9.94 Å². The van der Waals surface area contributed by atoms with E-state index in [1.807, 2.05) is 0 Å². The van der Waals surface area contributed by atoms with E-state index in [4.69, 9.17) is 15.2 Å². The van der Waals surface area contributed by atoms with E-state index in [1.54, 1.807) is 0 Å². The molecule has 1 aromatic carbocycles. The monoisotopic (exact) mass is 281 g/mol. The van der Waals surface area contributed by atoms with E-state index >= 15 is 0 Å². The summed E-state index contributed by atoms with van der Waals surface area (Å²) in [5.74, 6) is -0.636. The van der Waals surface area contributed by atoms with Gasteiger partial charge in [-0.2, -0.15) is 0 Å². The van der Waals surface area contributed by atoms with Crippen molar-refractivity contribution in [2.45, 2.75) is 13.3 Å². The van der Waals surface area contributed by atoms with Gasteiger partial charge in [-0.1, -0.05) is 17.2 Å². The van der Waals surface area contributed by atoms with E-state index in [1.165, 1.54) is 35.9 Å². The summed E-state index contributed by atoms with van der Waals surface area (Å²) < 4.78 is 18.2. The number of ether oxygens (including phenoxy) is 1. The minimum absolute atomic E-state index is 0.103. The second-order valence-electron chi connectivity index (χ2n) is 3.88. The highest BCUT2D eigenvalue weighted by Gasteiger charge is 2.15. The van der Waals surface area contributed by atoms with Gasteiger partial charge in [0.2, 0.25) is 5.88 Å². The van der Waals surface area contributed by atoms with Crippen LogP contribution in [0.5, 0.6) is 5.88 Å². The maximum Gasteiger partial charge on any atom is 0.275 e. The molecule has 0 radical (unpaired) electrons. The van der Waals surface area contributed by atoms with Crippen LogP contribution in [0.2, 0.25) is 0 Å². The second-order valence-corrected chi connectivity index (χ2v) is 3.88. The van der Waals surface area contributed by atoms with Crippen LogP contribution in [-0.4, -0.2) is 26.3 Å². The maximum atomic E-state index is 13.0. The van der Waals surface area contributed by atoms with Gasteiger partial charge in [0.25, 0.3) is 5.91 Å². The Labute approximate surface area is 113 Å². The van der Waals surface area contributed by atoms with Crippen molar-refractivity contribution >= 4 is 5.91 Å². The van der Waals surface area contributed by atoms with Crippen LogP contribution >= 0.6 is 0 Å². The first kappa shape index (κ1) is 13.8. The molecular weight excluding hydrogens is 269 g/mol. The first-order chi connectivity index (χ1) is 9.65. The van der Waals surface area contributed by atoms with Crippen molar-refractivity contribution in [3.63, 3.8) is 0 Å². The fourth-order valence-corrected chi connectivity index (χ4v) is 1.72. The van der Waals surface area contributed by atoms with Gasteiger partial charge >= 0.3 is 0 Å². The van der Waals surface area contributed by atoms with Crippen LogP contribution in [0.1, 0.15) is 21.5 Å². The fourth-order valence-electron chi connectivity index (χ4n) is 1.72. The van der Waals surface area contributed by atoms with Crippen LogP contribution in [0.3, 0.4) is 0 Å². The number of benzene rings is 1. The van der Waals surface area contributed by atoms with Gasteiger partial charge in [-0.15, -0.1) is 4.85 Å². The van der Waals surface area contributed by atoms with Crippen molar-refractivity contribution in [3.05, 3.63) is 47.2 Å². The van der Waals surface area contributed by atoms with Crippen LogP contribution < -0.4 is 10.2 Å². The summed E-state index contributed by atoms with van der Waals surface area (Å²) in [7, 11) is 0. The number of carbonyl (C=O) groups excluding carboxylic acids is 1. The largest absolute Gasteiger partial charge is 0.472 e. The molecular formula is C12H12FN3O4. The van der Waals surface area contributed by atoms with Gasteiger partial charge in [-0.25, -0.2) is 9.87 Å². The smallest absolute Gasteiger partial charge is 0.275 e. The molecule has 1 amide bonds. The molecule has 3 N–H and O–H groups in total. The van der Waals surface area contributed by atoms with E-state index in [0.29, 0.717) is 10.4 Å². The Morgan fingerprint density at radius 3 is 2.85 bits per heavy atom. The number of hydrogen-bond donors (Lipinski definition) is 3. The lowest BCUT2D eigenvalue weighted by Gasteiger charge is -2.12. The molecule has 0 saturated heterocycles. The normalized spacial score (nSPS) is 10.3. The van der Waals surface area contributed by atoms with E-state index in [0.717, 1.165) is 0 Å². The molecule has 0 saturated carbocycles. The Morgan fingerprint density at radius 1 is 1.45 bits per heavy atom. The topological polar surface area (TPSA) is 96.6 Å². The number of hydroxylamine groups is 1. The lowest BCUT2D eigenvalue weighted by molar-refractivity contribution is 0.0703. The Bertz CT molecular complexity index is 614. The third-order valence-electron chi connectivity index (χ3n) is 2.68. The molecule has 0 unspecified atom stereocenters. The highest BCUT2D eigenvalue weighted by molar-refractivity contribution is 5.95. The van der Waals surface area contributed by atoms with E-state index in [2.05, 4.69) is 5.10 Å². The van der Waals surface area contributed by atoms with Crippen molar-refractivity contribution < 1.29 is 24.3 Å². The zero-order chi connectivity index (χ0) is 14.5. The number of amides is 1. The maximum absolute atomic E-state index is 13.0. The molecule has 2 aromatic rings. The Hall–Kier alpha value is -2.61. The number of hydrogen-bond acceptors (Lipinski definition) is 5. The number of nitrogens with one attached hydrogen (secondary N) is 1. The van der Waals surface area contributed by atoms with Crippen LogP contribution in [0.4, 0.5) is 4.39 Å². The third kappa shape index (κ3) is 2.86. The molecule has 20 heavy (non-hydrogen) atoms. The van der Waals surface area contributed by atoms with E-state index < -0.39 is 12.6 Å². The number of rotatable bonds is 5. The standard InChI is InChI=1S/C12H12FN3O4/c13-6-8-2-1-3-9(12(17)15-18)10(8)7-20-11-4-5-16(19)14-11/h1-5,18-19H,6-7H2,(H,15,17). The molecule has 1 heterocycles. The number of alkyl halides is 1. The van der Waals surface area contributed by atoms with Crippen molar-refractivity contribution in [1.82, 2.24) is 15.4 Å². The Balaban J connectivity index is 2.26. The summed E-state index contributed by atoms with van der Waals surface area (Å²) in [5, 5.41) is 21.3. The zero-order valence-corrected chi connectivity index (χ0v) is 10.3. The first-order valence-corrected chi connectivity index (χ1v) is 5.64. The van der Waals surface area contributed by atoms with Gasteiger partial charge in [0.15, 0.2) is 0 Å². The molecule has 0 aliphatic rings. The quantitative estimate of drug-likeness (QED) is 0.436. The van der Waals surface area contributed by atoms with Crippen LogP contribution in [0, 0.1) is 0 Å². The van der Waals surface area contributed by atoms with Crippen molar-refractivity contribution in [2.75, 3.05) is 0 Å². The zero-order valence-electron chi connectivity index (χ0n) is 10.3. The number of carbonyl (C=O) groups is 1. The minimum atomic E-state index is -0.778.